The Morgan fingerprint density at radius 2 is 1.86 bits per heavy atom. The average Bonchev–Trinajstić information content (AvgIpc) is 3.14. The van der Waals surface area contributed by atoms with Crippen LogP contribution in [0.4, 0.5) is 0 Å². The lowest BCUT2D eigenvalue weighted by atomic mass is 10.0. The third-order valence-corrected chi connectivity index (χ3v) is 5.43. The van der Waals surface area contributed by atoms with E-state index in [0.29, 0.717) is 11.3 Å². The van der Waals surface area contributed by atoms with E-state index in [2.05, 4.69) is 23.3 Å². The largest absolute Gasteiger partial charge is 0.350 e. The number of Topliss-reactive ketones (excluding diaryl/α,β-unsaturated/α-hetero) is 1. The van der Waals surface area contributed by atoms with E-state index in [1.165, 1.54) is 18.7 Å². The number of benzene rings is 2. The molecule has 0 saturated carbocycles. The minimum absolute atomic E-state index is 0.0445. The average molecular weight is 394 g/mol. The van der Waals surface area contributed by atoms with Crippen LogP contribution in [0.5, 0.6) is 0 Å². The molecule has 5 nitrogen and oxygen atoms in total. The number of imidazole rings is 1. The molecular formula is C22H23N3O2S. The molecule has 3 aromatic rings. The summed E-state index contributed by atoms with van der Waals surface area (Å²) in [7, 11) is 0. The third-order valence-electron chi connectivity index (χ3n) is 4.47. The fourth-order valence-corrected chi connectivity index (χ4v) is 3.83. The van der Waals surface area contributed by atoms with Crippen LogP contribution in [0.3, 0.4) is 0 Å². The maximum atomic E-state index is 12.6. The van der Waals surface area contributed by atoms with Crippen molar-refractivity contribution in [1.82, 2.24) is 14.9 Å². The molecular weight excluding hydrogens is 370 g/mol. The zero-order valence-corrected chi connectivity index (χ0v) is 17.0. The maximum Gasteiger partial charge on any atom is 0.217 e. The number of carbonyl (C=O) groups excluding carboxylic acids is 2. The van der Waals surface area contributed by atoms with Crippen LogP contribution in [-0.2, 0) is 4.79 Å². The number of ketones is 1. The molecule has 1 atom stereocenters. The van der Waals surface area contributed by atoms with Gasteiger partial charge in [-0.25, -0.2) is 4.98 Å². The molecule has 0 bridgehead atoms. The van der Waals surface area contributed by atoms with Gasteiger partial charge in [-0.3, -0.25) is 14.2 Å². The van der Waals surface area contributed by atoms with Gasteiger partial charge in [-0.2, -0.15) is 0 Å². The normalized spacial score (nSPS) is 11.8. The maximum absolute atomic E-state index is 12.6. The number of hydrogen-bond acceptors (Lipinski definition) is 4. The Balaban J connectivity index is 1.66. The second-order valence-electron chi connectivity index (χ2n) is 6.62. The summed E-state index contributed by atoms with van der Waals surface area (Å²) in [6.07, 6.45) is 3.66. The number of aromatic nitrogens is 2. The van der Waals surface area contributed by atoms with Crippen molar-refractivity contribution in [3.63, 3.8) is 0 Å². The molecule has 0 fully saturated rings. The van der Waals surface area contributed by atoms with Crippen LogP contribution < -0.4 is 5.32 Å². The predicted octanol–water partition coefficient (Wildman–Crippen LogP) is 4.35. The molecule has 0 aliphatic rings. The molecule has 2 aromatic carbocycles. The number of aryl methyl sites for hydroxylation is 1. The van der Waals surface area contributed by atoms with E-state index in [1.54, 1.807) is 6.20 Å². The van der Waals surface area contributed by atoms with Gasteiger partial charge in [-0.05, 0) is 31.0 Å². The molecule has 1 aromatic heterocycles. The van der Waals surface area contributed by atoms with Crippen molar-refractivity contribution in [1.29, 1.82) is 0 Å². The van der Waals surface area contributed by atoms with Gasteiger partial charge in [-0.15, -0.1) is 0 Å². The Labute approximate surface area is 169 Å². The summed E-state index contributed by atoms with van der Waals surface area (Å²) < 4.78 is 2.01. The molecule has 6 heteroatoms. The van der Waals surface area contributed by atoms with Crippen LogP contribution in [0.1, 0.15) is 41.4 Å². The van der Waals surface area contributed by atoms with Gasteiger partial charge >= 0.3 is 0 Å². The summed E-state index contributed by atoms with van der Waals surface area (Å²) in [6, 6.07) is 15.4. The van der Waals surface area contributed by atoms with Gasteiger partial charge in [0, 0.05) is 24.9 Å². The second-order valence-corrected chi connectivity index (χ2v) is 7.56. The highest BCUT2D eigenvalue weighted by Crippen LogP contribution is 2.23. The molecule has 0 saturated heterocycles. The van der Waals surface area contributed by atoms with E-state index in [-0.39, 0.29) is 17.7 Å². The summed E-state index contributed by atoms with van der Waals surface area (Å²) in [4.78, 5) is 28.2. The van der Waals surface area contributed by atoms with E-state index in [4.69, 9.17) is 0 Å². The van der Waals surface area contributed by atoms with Crippen molar-refractivity contribution in [3.05, 3.63) is 77.6 Å². The summed E-state index contributed by atoms with van der Waals surface area (Å²) >= 11 is 1.42. The zero-order chi connectivity index (χ0) is 20.1. The molecule has 0 spiro atoms. The molecule has 1 heterocycles. The van der Waals surface area contributed by atoms with Crippen molar-refractivity contribution in [2.75, 3.05) is 5.75 Å². The molecule has 3 rings (SSSR count). The molecule has 144 valence electrons. The smallest absolute Gasteiger partial charge is 0.217 e. The molecule has 0 aliphatic carbocycles. The van der Waals surface area contributed by atoms with Crippen molar-refractivity contribution in [3.8, 4) is 5.69 Å². The Hall–Kier alpha value is -2.86. The zero-order valence-electron chi connectivity index (χ0n) is 16.2. The molecule has 1 N–H and O–H groups in total. The van der Waals surface area contributed by atoms with Crippen molar-refractivity contribution < 1.29 is 9.59 Å². The van der Waals surface area contributed by atoms with Gasteiger partial charge in [0.2, 0.25) is 5.91 Å². The van der Waals surface area contributed by atoms with Crippen molar-refractivity contribution >= 4 is 23.5 Å². The topological polar surface area (TPSA) is 64.0 Å². The Kier molecular flexibility index (Phi) is 6.31. The van der Waals surface area contributed by atoms with Crippen LogP contribution in [0.15, 0.2) is 66.1 Å². The van der Waals surface area contributed by atoms with Crippen molar-refractivity contribution in [2.45, 2.75) is 32.0 Å². The molecule has 0 radical (unpaired) electrons. The van der Waals surface area contributed by atoms with Crippen molar-refractivity contribution in [2.24, 2.45) is 0 Å². The highest BCUT2D eigenvalue weighted by Gasteiger charge is 2.13. The highest BCUT2D eigenvalue weighted by molar-refractivity contribution is 7.99. The first-order valence-corrected chi connectivity index (χ1v) is 10.1. The lowest BCUT2D eigenvalue weighted by Gasteiger charge is -2.13. The number of hydrogen-bond donors (Lipinski definition) is 1. The van der Waals surface area contributed by atoms with Crippen LogP contribution >= 0.6 is 11.8 Å². The number of amides is 1. The SMILES string of the molecule is CC(=O)N[C@H](C)c1ccc(C(=O)CSc2nccn2-c2ccccc2C)cc1. The van der Waals surface area contributed by atoms with Crippen LogP contribution in [0, 0.1) is 6.92 Å². The lowest BCUT2D eigenvalue weighted by Crippen LogP contribution is -2.23. The van der Waals surface area contributed by atoms with E-state index < -0.39 is 0 Å². The number of rotatable bonds is 7. The number of nitrogens with zero attached hydrogens (tertiary/aromatic N) is 2. The van der Waals surface area contributed by atoms with Gasteiger partial charge in [-0.1, -0.05) is 54.2 Å². The molecule has 0 aliphatic heterocycles. The van der Waals surface area contributed by atoms with Gasteiger partial charge in [0.05, 0.1) is 17.5 Å². The minimum atomic E-state index is -0.0855. The highest BCUT2D eigenvalue weighted by atomic mass is 32.2. The fourth-order valence-electron chi connectivity index (χ4n) is 2.97. The Morgan fingerprint density at radius 3 is 2.54 bits per heavy atom. The summed E-state index contributed by atoms with van der Waals surface area (Å²) in [5.41, 5.74) is 3.83. The quantitative estimate of drug-likeness (QED) is 0.479. The number of carbonyl (C=O) groups is 2. The first-order valence-electron chi connectivity index (χ1n) is 9.08. The van der Waals surface area contributed by atoms with Gasteiger partial charge in [0.25, 0.3) is 0 Å². The lowest BCUT2D eigenvalue weighted by molar-refractivity contribution is -0.119. The number of thioether (sulfide) groups is 1. The van der Waals surface area contributed by atoms with Crippen LogP contribution in [0.2, 0.25) is 0 Å². The third kappa shape index (κ3) is 4.70. The van der Waals surface area contributed by atoms with E-state index in [9.17, 15) is 9.59 Å². The summed E-state index contributed by atoms with van der Waals surface area (Å²) in [5, 5.41) is 3.63. The van der Waals surface area contributed by atoms with E-state index in [1.807, 2.05) is 60.2 Å². The fraction of sp³-hybridized carbons (Fsp3) is 0.227. The van der Waals surface area contributed by atoms with Gasteiger partial charge in [0.15, 0.2) is 10.9 Å². The van der Waals surface area contributed by atoms with E-state index in [0.717, 1.165) is 22.0 Å². The number of para-hydroxylation sites is 1. The number of nitrogens with one attached hydrogen (secondary N) is 1. The first-order chi connectivity index (χ1) is 13.5. The Morgan fingerprint density at radius 1 is 1.14 bits per heavy atom. The van der Waals surface area contributed by atoms with Crippen LogP contribution in [0.25, 0.3) is 5.69 Å². The van der Waals surface area contributed by atoms with Crippen LogP contribution in [-0.4, -0.2) is 27.0 Å². The summed E-state index contributed by atoms with van der Waals surface area (Å²) in [5.74, 6) is 0.278. The monoisotopic (exact) mass is 393 g/mol. The Bertz CT molecular complexity index is 979. The predicted molar refractivity (Wildman–Crippen MR) is 112 cm³/mol. The molecule has 0 unspecified atom stereocenters. The minimum Gasteiger partial charge on any atom is -0.350 e. The molecule has 1 amide bonds. The van der Waals surface area contributed by atoms with Gasteiger partial charge < -0.3 is 5.32 Å². The van der Waals surface area contributed by atoms with E-state index >= 15 is 0 Å². The molecule has 28 heavy (non-hydrogen) atoms. The first kappa shape index (κ1) is 19.9. The standard InChI is InChI=1S/C22H23N3O2S/c1-15-6-4-5-7-20(15)25-13-12-23-22(25)28-14-21(27)19-10-8-18(9-11-19)16(2)24-17(3)26/h4-13,16H,14H2,1-3H3,(H,24,26)/t16-/m1/s1. The summed E-state index contributed by atoms with van der Waals surface area (Å²) in [6.45, 7) is 5.46. The van der Waals surface area contributed by atoms with Gasteiger partial charge in [0.1, 0.15) is 0 Å². The second kappa shape index (κ2) is 8.89.